The Morgan fingerprint density at radius 3 is 1.57 bits per heavy atom. The van der Waals surface area contributed by atoms with Gasteiger partial charge in [-0.2, -0.15) is 0 Å². The smallest absolute Gasteiger partial charge is 0.251 e. The summed E-state index contributed by atoms with van der Waals surface area (Å²) in [5.41, 5.74) is 10.3. The average Bonchev–Trinajstić information content (AvgIpc) is 3.98. The van der Waals surface area contributed by atoms with E-state index in [4.69, 9.17) is 9.47 Å². The van der Waals surface area contributed by atoms with Crippen LogP contribution < -0.4 is 20.1 Å². The monoisotopic (exact) mass is 1020 g/mol. The number of hydrogen-bond acceptors (Lipinski definition) is 7. The number of amides is 2. The second-order valence-corrected chi connectivity index (χ2v) is 20.5. The third kappa shape index (κ3) is 12.2. The van der Waals surface area contributed by atoms with Crippen molar-refractivity contribution in [3.05, 3.63) is 154 Å². The molecule has 0 radical (unpaired) electrons. The highest BCUT2D eigenvalue weighted by molar-refractivity contribution is 6.05. The van der Waals surface area contributed by atoms with Crippen molar-refractivity contribution in [2.24, 2.45) is 5.41 Å². The number of pyridine rings is 2. The summed E-state index contributed by atoms with van der Waals surface area (Å²) in [6.07, 6.45) is 10.4. The normalized spacial score (nSPS) is 12.2. The van der Waals surface area contributed by atoms with Gasteiger partial charge in [0, 0.05) is 97.9 Å². The van der Waals surface area contributed by atoms with E-state index in [1.807, 2.05) is 52.8 Å². The molecular weight excluding hydrogens is 961 g/mol. The molecule has 4 aromatic carbocycles. The summed E-state index contributed by atoms with van der Waals surface area (Å²) >= 11 is 0. The molecule has 0 aliphatic heterocycles. The minimum absolute atomic E-state index is 0.162. The molecule has 0 bridgehead atoms. The number of halogens is 4. The maximum Gasteiger partial charge on any atom is 0.251 e. The molecule has 15 heteroatoms. The van der Waals surface area contributed by atoms with Crippen molar-refractivity contribution < 1.29 is 41.7 Å². The lowest BCUT2D eigenvalue weighted by atomic mass is 9.93. The van der Waals surface area contributed by atoms with E-state index in [1.165, 1.54) is 50.6 Å². The number of anilines is 1. The lowest BCUT2D eigenvalue weighted by molar-refractivity contribution is -0.119. The van der Waals surface area contributed by atoms with Crippen molar-refractivity contribution in [1.29, 1.82) is 0 Å². The molecule has 390 valence electrons. The van der Waals surface area contributed by atoms with Crippen LogP contribution >= 0.6 is 0 Å². The van der Waals surface area contributed by atoms with Crippen molar-refractivity contribution in [1.82, 2.24) is 25.3 Å². The van der Waals surface area contributed by atoms with Gasteiger partial charge in [-0.05, 0) is 154 Å². The Kier molecular flexibility index (Phi) is 15.9. The predicted octanol–water partition coefficient (Wildman–Crippen LogP) is 13.8. The van der Waals surface area contributed by atoms with Gasteiger partial charge in [-0.3, -0.25) is 9.59 Å². The van der Waals surface area contributed by atoms with Gasteiger partial charge in [0.05, 0.1) is 26.4 Å². The Bertz CT molecular complexity index is 3580. The molecule has 4 aromatic heterocycles. The van der Waals surface area contributed by atoms with Gasteiger partial charge in [-0.25, -0.2) is 27.5 Å². The molecule has 0 spiro atoms. The summed E-state index contributed by atoms with van der Waals surface area (Å²) in [6.45, 7) is 19.7. The number of fused-ring (bicyclic) bond motifs is 2. The summed E-state index contributed by atoms with van der Waals surface area (Å²) in [4.78, 5) is 40.8. The van der Waals surface area contributed by atoms with Crippen LogP contribution in [-0.4, -0.2) is 63.2 Å². The number of hydrogen-bond donors (Lipinski definition) is 5. The molecule has 8 rings (SSSR count). The van der Waals surface area contributed by atoms with Gasteiger partial charge >= 0.3 is 0 Å². The fourth-order valence-corrected chi connectivity index (χ4v) is 8.77. The Hall–Kier alpha value is -8.04. The van der Waals surface area contributed by atoms with Gasteiger partial charge in [-0.1, -0.05) is 26.8 Å². The van der Waals surface area contributed by atoms with Crippen molar-refractivity contribution in [3.8, 4) is 56.0 Å². The Morgan fingerprint density at radius 2 is 1.11 bits per heavy atom. The van der Waals surface area contributed by atoms with E-state index in [2.05, 4.69) is 30.6 Å². The zero-order chi connectivity index (χ0) is 54.8. The van der Waals surface area contributed by atoms with Gasteiger partial charge in [0.15, 0.2) is 0 Å². The van der Waals surface area contributed by atoms with Crippen molar-refractivity contribution in [2.45, 2.75) is 81.7 Å². The molecule has 75 heavy (non-hydrogen) atoms. The molecule has 0 aliphatic carbocycles. The summed E-state index contributed by atoms with van der Waals surface area (Å²) in [5, 5.41) is 16.6. The van der Waals surface area contributed by atoms with Crippen molar-refractivity contribution >= 4 is 45.6 Å². The Balaban J connectivity index is 0.000000219. The Labute approximate surface area is 434 Å². The number of nitrogens with one attached hydrogen (secondary N) is 4. The summed E-state index contributed by atoms with van der Waals surface area (Å²) in [6, 6.07) is 15.6. The van der Waals surface area contributed by atoms with Crippen LogP contribution in [0.25, 0.3) is 72.7 Å². The number of nitrogens with zero attached hydrogens (tertiary/aromatic N) is 2. The molecule has 0 unspecified atom stereocenters. The van der Waals surface area contributed by atoms with Gasteiger partial charge in [0.25, 0.3) is 5.91 Å². The zero-order valence-electron chi connectivity index (χ0n) is 44.4. The first kappa shape index (κ1) is 54.7. The first-order chi connectivity index (χ1) is 35.3. The summed E-state index contributed by atoms with van der Waals surface area (Å²) in [7, 11) is 2.99. The molecule has 8 aromatic rings. The minimum Gasteiger partial charge on any atom is -0.496 e. The highest BCUT2D eigenvalue weighted by Gasteiger charge is 2.22. The van der Waals surface area contributed by atoms with E-state index in [-0.39, 0.29) is 35.5 Å². The van der Waals surface area contributed by atoms with Gasteiger partial charge in [0.2, 0.25) is 5.91 Å². The lowest BCUT2D eigenvalue weighted by Gasteiger charge is -2.23. The first-order valence-electron chi connectivity index (χ1n) is 24.2. The van der Waals surface area contributed by atoms with Crippen molar-refractivity contribution in [2.75, 3.05) is 26.1 Å². The van der Waals surface area contributed by atoms with E-state index >= 15 is 0 Å². The molecule has 2 amide bonds. The van der Waals surface area contributed by atoms with Crippen LogP contribution in [0.1, 0.15) is 76.3 Å². The van der Waals surface area contributed by atoms with E-state index in [0.29, 0.717) is 89.7 Å². The molecule has 11 nitrogen and oxygen atoms in total. The largest absolute Gasteiger partial charge is 0.496 e. The SMILES string of the molecule is COc1cc(F)c(C)cc1-c1c[nH]c2ncc(-c3cc(F)cc(/C=C(\C)C(=O)NC(C)(C)CO)c3C)cc12.COc1cc(F)c(C)cc1-c1c[nH]c2ncc(-c3cc(F)cc(NC(=O)/C(C)=C/C(C)(C)C)c3C)cc12. The standard InChI is InChI=1S/C30H31F2N3O3.C30H31F2N3O2/c1-16-8-23(27(38-6)12-26(16)32)25-14-34-28-24(25)10-20(13-33-28)22-11-21(31)9-19(18(22)3)7-17(2)29(37)35-30(4,5)15-36;1-16-8-22(27(37-7)12-25(16)32)24-15-34-28-23(24)9-19(14-33-28)21-10-20(31)11-26(18(21)3)35-29(36)17(2)13-30(4,5)6/h7-14,36H,15H2,1-6H3,(H,33,34)(H,35,37);8-15H,1-7H3,(H,33,34)(H,35,36)/b17-7+;17-13+. The van der Waals surface area contributed by atoms with E-state index in [1.54, 1.807) is 84.5 Å². The number of H-pyrrole nitrogens is 2. The molecule has 0 saturated carbocycles. The molecule has 5 N–H and O–H groups in total. The number of ether oxygens (including phenoxy) is 2. The van der Waals surface area contributed by atoms with Gasteiger partial charge in [0.1, 0.15) is 46.1 Å². The molecule has 0 fully saturated rings. The van der Waals surface area contributed by atoms with Gasteiger partial charge in [-0.15, -0.1) is 0 Å². The number of aryl methyl sites for hydroxylation is 2. The number of rotatable bonds is 12. The number of carbonyl (C=O) groups is 2. The van der Waals surface area contributed by atoms with Crippen LogP contribution in [0.5, 0.6) is 11.5 Å². The number of aromatic amines is 2. The lowest BCUT2D eigenvalue weighted by Crippen LogP contribution is -2.46. The first-order valence-corrected chi connectivity index (χ1v) is 24.2. The van der Waals surface area contributed by atoms with Crippen LogP contribution in [0.15, 0.2) is 103 Å². The highest BCUT2D eigenvalue weighted by atomic mass is 19.1. The number of aromatic nitrogens is 4. The van der Waals surface area contributed by atoms with Crippen molar-refractivity contribution in [3.63, 3.8) is 0 Å². The number of benzene rings is 4. The number of aliphatic hydroxyl groups is 1. The van der Waals surface area contributed by atoms with E-state index in [9.17, 15) is 32.3 Å². The third-order valence-corrected chi connectivity index (χ3v) is 12.8. The minimum atomic E-state index is -0.782. The second kappa shape index (κ2) is 21.8. The molecular formula is C60H62F4N6O5. The average molecular weight is 1020 g/mol. The predicted molar refractivity (Wildman–Crippen MR) is 291 cm³/mol. The number of methoxy groups -OCH3 is 2. The number of allylic oxidation sites excluding steroid dienone is 1. The molecule has 0 saturated heterocycles. The van der Waals surface area contributed by atoms with E-state index < -0.39 is 17.2 Å². The maximum atomic E-state index is 14.8. The third-order valence-electron chi connectivity index (χ3n) is 12.8. The molecule has 0 atom stereocenters. The van der Waals surface area contributed by atoms with Crippen LogP contribution in [0, 0.1) is 56.4 Å². The topological polar surface area (TPSA) is 154 Å². The Morgan fingerprint density at radius 1 is 0.627 bits per heavy atom. The van der Waals surface area contributed by atoms with Crippen LogP contribution in [0.4, 0.5) is 23.2 Å². The fraction of sp³-hybridized carbons (Fsp3) is 0.267. The number of aliphatic hydroxyl groups excluding tert-OH is 1. The highest BCUT2D eigenvalue weighted by Crippen LogP contribution is 2.41. The molecule has 4 heterocycles. The summed E-state index contributed by atoms with van der Waals surface area (Å²) < 4.78 is 68.8. The quantitative estimate of drug-likeness (QED) is 0.0603. The molecule has 0 aliphatic rings. The van der Waals surface area contributed by atoms with Gasteiger partial charge < -0.3 is 35.2 Å². The fourth-order valence-electron chi connectivity index (χ4n) is 8.77. The van der Waals surface area contributed by atoms with Crippen LogP contribution in [0.2, 0.25) is 0 Å². The van der Waals surface area contributed by atoms with Crippen LogP contribution in [-0.2, 0) is 9.59 Å². The maximum absolute atomic E-state index is 14.8. The van der Waals surface area contributed by atoms with Crippen LogP contribution in [0.3, 0.4) is 0 Å². The summed E-state index contributed by atoms with van der Waals surface area (Å²) in [5.74, 6) is -1.47. The zero-order valence-corrected chi connectivity index (χ0v) is 44.4. The van der Waals surface area contributed by atoms with E-state index in [0.717, 1.165) is 33.0 Å². The second-order valence-electron chi connectivity index (χ2n) is 20.5. The number of carbonyl (C=O) groups excluding carboxylic acids is 2.